The zero-order valence-electron chi connectivity index (χ0n) is 8.56. The second-order valence-corrected chi connectivity index (χ2v) is 2.59. The standard InChI is InChI=1S/C10H10O4.H3N/c1-14-9(10(12)13)6-7-2-4-8(11)5-3-7;/h2-6,11H,1H3,(H,12,13);1H3/b9-6-;. The van der Waals surface area contributed by atoms with Crippen molar-refractivity contribution >= 4 is 12.0 Å². The summed E-state index contributed by atoms with van der Waals surface area (Å²) in [5.41, 5.74) is 0.615. The molecule has 1 aromatic rings. The van der Waals surface area contributed by atoms with E-state index in [1.54, 1.807) is 0 Å². The maximum atomic E-state index is 10.7. The van der Waals surface area contributed by atoms with Gasteiger partial charge < -0.3 is 21.1 Å². The number of carboxylic acid groups (broad SMARTS) is 1. The Morgan fingerprint density at radius 1 is 1.40 bits per heavy atom. The molecule has 0 aliphatic heterocycles. The average molecular weight is 211 g/mol. The fraction of sp³-hybridized carbons (Fsp3) is 0.100. The van der Waals surface area contributed by atoms with Gasteiger partial charge in [0, 0.05) is 0 Å². The zero-order chi connectivity index (χ0) is 10.6. The van der Waals surface area contributed by atoms with E-state index in [4.69, 9.17) is 5.11 Å². The molecule has 0 saturated heterocycles. The first-order valence-corrected chi connectivity index (χ1v) is 3.89. The van der Waals surface area contributed by atoms with E-state index in [0.717, 1.165) is 0 Å². The number of carbonyl (C=O) groups is 1. The molecule has 0 unspecified atom stereocenters. The lowest BCUT2D eigenvalue weighted by Gasteiger charge is -2.04. The van der Waals surface area contributed by atoms with Crippen molar-refractivity contribution in [3.05, 3.63) is 35.6 Å². The van der Waals surface area contributed by atoms with Crippen LogP contribution in [0.15, 0.2) is 30.0 Å². The number of quaternary nitrogens is 1. The summed E-state index contributed by atoms with van der Waals surface area (Å²) in [6.45, 7) is 0. The van der Waals surface area contributed by atoms with Crippen LogP contribution >= 0.6 is 0 Å². The van der Waals surface area contributed by atoms with Crippen LogP contribution in [0.2, 0.25) is 0 Å². The van der Waals surface area contributed by atoms with Gasteiger partial charge in [-0.3, -0.25) is 0 Å². The second kappa shape index (κ2) is 5.66. The highest BCUT2D eigenvalue weighted by atomic mass is 16.5. The maximum Gasteiger partial charge on any atom is 0.371 e. The summed E-state index contributed by atoms with van der Waals surface area (Å²) in [6.07, 6.45) is 1.35. The lowest BCUT2D eigenvalue weighted by molar-refractivity contribution is -0.268. The molecule has 0 radical (unpaired) electrons. The third-order valence-corrected chi connectivity index (χ3v) is 1.61. The summed E-state index contributed by atoms with van der Waals surface area (Å²) in [5.74, 6) is -1.42. The zero-order valence-corrected chi connectivity index (χ0v) is 8.56. The highest BCUT2D eigenvalue weighted by molar-refractivity contribution is 5.89. The van der Waals surface area contributed by atoms with Crippen molar-refractivity contribution in [2.45, 2.75) is 0 Å². The number of methoxy groups -OCH3 is 1. The molecule has 5 nitrogen and oxygen atoms in total. The van der Waals surface area contributed by atoms with Crippen molar-refractivity contribution < 1.29 is 19.7 Å². The van der Waals surface area contributed by atoms with Gasteiger partial charge in [0.1, 0.15) is 0 Å². The molecule has 0 spiro atoms. The predicted octanol–water partition coefficient (Wildman–Crippen LogP) is 1.21. The van der Waals surface area contributed by atoms with Gasteiger partial charge in [0.05, 0.1) is 7.11 Å². The van der Waals surface area contributed by atoms with Gasteiger partial charge in [-0.05, 0) is 11.6 Å². The van der Waals surface area contributed by atoms with E-state index in [9.17, 15) is 9.90 Å². The van der Waals surface area contributed by atoms with Crippen LogP contribution in [0.5, 0.6) is 5.75 Å². The third kappa shape index (κ3) is 3.70. The molecule has 0 aromatic heterocycles. The van der Waals surface area contributed by atoms with E-state index < -0.39 is 5.97 Å². The van der Waals surface area contributed by atoms with Crippen molar-refractivity contribution in [3.8, 4) is 5.75 Å². The monoisotopic (exact) mass is 211 g/mol. The average Bonchev–Trinajstić information content (AvgIpc) is 2.16. The Bertz CT molecular complexity index is 356. The van der Waals surface area contributed by atoms with Crippen LogP contribution in [0.3, 0.4) is 0 Å². The van der Waals surface area contributed by atoms with Gasteiger partial charge in [0.25, 0.3) is 0 Å². The molecule has 0 aliphatic rings. The SMILES string of the molecule is CO/C(=C\c1ccc([O-])cc1)C(=O)O.[NH4+]. The van der Waals surface area contributed by atoms with Crippen LogP contribution < -0.4 is 11.3 Å². The summed E-state index contributed by atoms with van der Waals surface area (Å²) in [7, 11) is 1.28. The van der Waals surface area contributed by atoms with E-state index in [-0.39, 0.29) is 17.7 Å². The fourth-order valence-corrected chi connectivity index (χ4v) is 0.923. The first kappa shape index (κ1) is 13.0. The highest BCUT2D eigenvalue weighted by Gasteiger charge is 2.05. The van der Waals surface area contributed by atoms with Crippen LogP contribution in [0, 0.1) is 0 Å². The smallest absolute Gasteiger partial charge is 0.371 e. The minimum absolute atomic E-state index is 0. The summed E-state index contributed by atoms with van der Waals surface area (Å²) in [4.78, 5) is 10.5. The maximum absolute atomic E-state index is 10.7. The van der Waals surface area contributed by atoms with Gasteiger partial charge in [-0.1, -0.05) is 24.3 Å². The van der Waals surface area contributed by atoms with Crippen LogP contribution in [-0.4, -0.2) is 18.2 Å². The van der Waals surface area contributed by atoms with Gasteiger partial charge in [-0.15, -0.1) is 5.75 Å². The Kier molecular flexibility index (Phi) is 4.90. The molecule has 0 aliphatic carbocycles. The van der Waals surface area contributed by atoms with Gasteiger partial charge in [0.15, 0.2) is 0 Å². The Labute approximate surface area is 87.2 Å². The number of hydrogen-bond acceptors (Lipinski definition) is 3. The van der Waals surface area contributed by atoms with Crippen LogP contribution in [-0.2, 0) is 9.53 Å². The Balaban J connectivity index is 0.00000196. The van der Waals surface area contributed by atoms with E-state index in [0.29, 0.717) is 5.56 Å². The number of ether oxygens (including phenoxy) is 1. The molecular weight excluding hydrogens is 198 g/mol. The van der Waals surface area contributed by atoms with E-state index >= 15 is 0 Å². The van der Waals surface area contributed by atoms with Crippen LogP contribution in [0.4, 0.5) is 0 Å². The van der Waals surface area contributed by atoms with Gasteiger partial charge in [-0.2, -0.15) is 0 Å². The lowest BCUT2D eigenvalue weighted by atomic mass is 10.2. The van der Waals surface area contributed by atoms with Crippen molar-refractivity contribution in [2.75, 3.05) is 7.11 Å². The predicted molar refractivity (Wildman–Crippen MR) is 54.5 cm³/mol. The van der Waals surface area contributed by atoms with Crippen molar-refractivity contribution in [1.29, 1.82) is 0 Å². The topological polar surface area (TPSA) is 106 Å². The summed E-state index contributed by atoms with van der Waals surface area (Å²) in [5, 5.41) is 19.4. The van der Waals surface area contributed by atoms with Crippen molar-refractivity contribution in [3.63, 3.8) is 0 Å². The van der Waals surface area contributed by atoms with E-state index in [1.165, 1.54) is 37.5 Å². The van der Waals surface area contributed by atoms with Crippen LogP contribution in [0.1, 0.15) is 5.56 Å². The molecule has 5 heteroatoms. The molecular formula is C10H13NO4. The molecule has 0 bridgehead atoms. The molecule has 0 heterocycles. The highest BCUT2D eigenvalue weighted by Crippen LogP contribution is 2.11. The Hall–Kier alpha value is -2.01. The molecule has 0 fully saturated rings. The molecule has 0 atom stereocenters. The number of rotatable bonds is 3. The molecule has 82 valence electrons. The number of benzene rings is 1. The summed E-state index contributed by atoms with van der Waals surface area (Å²) in [6, 6.07) is 5.79. The normalized spacial score (nSPS) is 10.3. The van der Waals surface area contributed by atoms with E-state index in [1.807, 2.05) is 0 Å². The number of carboxylic acids is 1. The Morgan fingerprint density at radius 3 is 2.33 bits per heavy atom. The first-order chi connectivity index (χ1) is 6.63. The Morgan fingerprint density at radius 2 is 1.93 bits per heavy atom. The van der Waals surface area contributed by atoms with Gasteiger partial charge in [-0.25, -0.2) is 4.79 Å². The number of hydrogen-bond donors (Lipinski definition) is 2. The molecule has 0 saturated carbocycles. The molecule has 5 N–H and O–H groups in total. The van der Waals surface area contributed by atoms with Crippen molar-refractivity contribution in [1.82, 2.24) is 6.15 Å². The van der Waals surface area contributed by atoms with Crippen LogP contribution in [0.25, 0.3) is 6.08 Å². The van der Waals surface area contributed by atoms with E-state index in [2.05, 4.69) is 4.74 Å². The fourth-order valence-electron chi connectivity index (χ4n) is 0.923. The molecule has 15 heavy (non-hydrogen) atoms. The summed E-state index contributed by atoms with van der Waals surface area (Å²) >= 11 is 0. The number of aliphatic carboxylic acids is 1. The molecule has 1 aromatic carbocycles. The molecule has 1 rings (SSSR count). The third-order valence-electron chi connectivity index (χ3n) is 1.61. The minimum Gasteiger partial charge on any atom is -0.872 e. The van der Waals surface area contributed by atoms with Gasteiger partial charge in [0.2, 0.25) is 5.76 Å². The quantitative estimate of drug-likeness (QED) is 0.578. The minimum atomic E-state index is -1.14. The van der Waals surface area contributed by atoms with Crippen molar-refractivity contribution in [2.24, 2.45) is 0 Å². The van der Waals surface area contributed by atoms with Gasteiger partial charge >= 0.3 is 5.97 Å². The summed E-state index contributed by atoms with van der Waals surface area (Å²) < 4.78 is 4.63. The largest absolute Gasteiger partial charge is 0.872 e. The lowest BCUT2D eigenvalue weighted by Crippen LogP contribution is -2.01. The second-order valence-electron chi connectivity index (χ2n) is 2.59. The molecule has 0 amide bonds. The first-order valence-electron chi connectivity index (χ1n) is 3.89.